The van der Waals surface area contributed by atoms with Gasteiger partial charge in [-0.1, -0.05) is 36.4 Å². The van der Waals surface area contributed by atoms with Crippen LogP contribution in [0.25, 0.3) is 0 Å². The van der Waals surface area contributed by atoms with E-state index >= 15 is 0 Å². The predicted molar refractivity (Wildman–Crippen MR) is 125 cm³/mol. The number of rotatable bonds is 12. The molecule has 0 radical (unpaired) electrons. The molecule has 1 aliphatic heterocycles. The topological polar surface area (TPSA) is 59.1 Å². The van der Waals surface area contributed by atoms with Crippen LogP contribution in [0, 0.1) is 0 Å². The molecule has 1 heterocycles. The quantitative estimate of drug-likeness (QED) is 0.467. The van der Waals surface area contributed by atoms with Gasteiger partial charge in [0.15, 0.2) is 0 Å². The van der Waals surface area contributed by atoms with Crippen molar-refractivity contribution in [3.05, 3.63) is 60.7 Å². The molecule has 0 unspecified atom stereocenters. The fourth-order valence-electron chi connectivity index (χ4n) is 3.69. The third kappa shape index (κ3) is 8.25. The zero-order chi connectivity index (χ0) is 22.4. The lowest BCUT2D eigenvalue weighted by atomic mass is 10.2. The molecule has 1 aliphatic rings. The van der Waals surface area contributed by atoms with Crippen LogP contribution in [0.4, 0.5) is 0 Å². The monoisotopic (exact) mass is 438 g/mol. The summed E-state index contributed by atoms with van der Waals surface area (Å²) in [7, 11) is 0. The normalized spacial score (nSPS) is 13.6. The highest BCUT2D eigenvalue weighted by Crippen LogP contribution is 2.12. The summed E-state index contributed by atoms with van der Waals surface area (Å²) in [4.78, 5) is 28.6. The van der Waals surface area contributed by atoms with Gasteiger partial charge < -0.3 is 19.3 Å². The number of hydrogen-bond donors (Lipinski definition) is 0. The highest BCUT2D eigenvalue weighted by Gasteiger charge is 2.23. The molecule has 6 heteroatoms. The number of benzene rings is 2. The second-order valence-electron chi connectivity index (χ2n) is 8.00. The molecule has 1 fully saturated rings. The lowest BCUT2D eigenvalue weighted by Crippen LogP contribution is -2.50. The highest BCUT2D eigenvalue weighted by atomic mass is 16.5. The summed E-state index contributed by atoms with van der Waals surface area (Å²) in [5.41, 5.74) is 0. The van der Waals surface area contributed by atoms with Gasteiger partial charge in [0.1, 0.15) is 11.5 Å². The number of carbonyl (C=O) groups is 2. The van der Waals surface area contributed by atoms with E-state index in [2.05, 4.69) is 0 Å². The number of unbranched alkanes of at least 4 members (excludes halogenated alkanes) is 2. The molecular weight excluding hydrogens is 404 g/mol. The van der Waals surface area contributed by atoms with E-state index in [0.717, 1.165) is 37.2 Å². The van der Waals surface area contributed by atoms with Crippen LogP contribution >= 0.6 is 0 Å². The van der Waals surface area contributed by atoms with E-state index in [-0.39, 0.29) is 11.8 Å². The third-order valence-electron chi connectivity index (χ3n) is 5.58. The highest BCUT2D eigenvalue weighted by molar-refractivity contribution is 5.78. The maximum atomic E-state index is 12.4. The third-order valence-corrected chi connectivity index (χ3v) is 5.58. The minimum Gasteiger partial charge on any atom is -0.494 e. The van der Waals surface area contributed by atoms with Crippen LogP contribution in [0.5, 0.6) is 11.5 Å². The fourth-order valence-corrected chi connectivity index (χ4v) is 3.69. The molecule has 0 bridgehead atoms. The zero-order valence-corrected chi connectivity index (χ0v) is 18.8. The first kappa shape index (κ1) is 23.6. The second kappa shape index (κ2) is 13.4. The molecule has 32 heavy (non-hydrogen) atoms. The number of para-hydroxylation sites is 2. The minimum absolute atomic E-state index is 0.176. The molecule has 0 atom stereocenters. The van der Waals surface area contributed by atoms with E-state index in [1.807, 2.05) is 70.5 Å². The Bertz CT molecular complexity index is 736. The van der Waals surface area contributed by atoms with Crippen molar-refractivity contribution in [3.63, 3.8) is 0 Å². The van der Waals surface area contributed by atoms with Crippen LogP contribution in [0.2, 0.25) is 0 Å². The van der Waals surface area contributed by atoms with Crippen molar-refractivity contribution < 1.29 is 19.1 Å². The molecule has 0 spiro atoms. The van der Waals surface area contributed by atoms with Crippen molar-refractivity contribution in [3.8, 4) is 11.5 Å². The summed E-state index contributed by atoms with van der Waals surface area (Å²) in [6.07, 6.45) is 4.41. The van der Waals surface area contributed by atoms with Crippen molar-refractivity contribution >= 4 is 11.8 Å². The first-order valence-corrected chi connectivity index (χ1v) is 11.6. The Kier molecular flexibility index (Phi) is 9.90. The van der Waals surface area contributed by atoms with Crippen LogP contribution in [-0.4, -0.2) is 61.0 Å². The van der Waals surface area contributed by atoms with Gasteiger partial charge in [-0.05, 0) is 49.9 Å². The average molecular weight is 439 g/mol. The first-order chi connectivity index (χ1) is 15.7. The lowest BCUT2D eigenvalue weighted by molar-refractivity contribution is -0.139. The average Bonchev–Trinajstić information content (AvgIpc) is 2.85. The van der Waals surface area contributed by atoms with Gasteiger partial charge >= 0.3 is 0 Å². The number of ether oxygens (including phenoxy) is 2. The van der Waals surface area contributed by atoms with Gasteiger partial charge in [0, 0.05) is 39.0 Å². The molecule has 2 aromatic carbocycles. The number of hydrogen-bond acceptors (Lipinski definition) is 4. The predicted octanol–water partition coefficient (Wildman–Crippen LogP) is 4.16. The van der Waals surface area contributed by atoms with Crippen molar-refractivity contribution in [2.75, 3.05) is 39.4 Å². The zero-order valence-electron chi connectivity index (χ0n) is 18.8. The Morgan fingerprint density at radius 2 is 0.969 bits per heavy atom. The summed E-state index contributed by atoms with van der Waals surface area (Å²) < 4.78 is 11.3. The Hall–Kier alpha value is -3.02. The Morgan fingerprint density at radius 3 is 1.34 bits per heavy atom. The molecule has 3 rings (SSSR count). The van der Waals surface area contributed by atoms with E-state index in [4.69, 9.17) is 9.47 Å². The van der Waals surface area contributed by atoms with Gasteiger partial charge in [-0.2, -0.15) is 0 Å². The van der Waals surface area contributed by atoms with E-state index < -0.39 is 0 Å². The molecule has 0 saturated carbocycles. The van der Waals surface area contributed by atoms with E-state index in [1.54, 1.807) is 0 Å². The van der Waals surface area contributed by atoms with Crippen molar-refractivity contribution in [1.29, 1.82) is 0 Å². The first-order valence-electron chi connectivity index (χ1n) is 11.6. The summed E-state index contributed by atoms with van der Waals surface area (Å²) >= 11 is 0. The number of piperazine rings is 1. The molecule has 0 aliphatic carbocycles. The summed E-state index contributed by atoms with van der Waals surface area (Å²) in [5.74, 6) is 2.08. The minimum atomic E-state index is 0.176. The molecule has 2 amide bonds. The van der Waals surface area contributed by atoms with Gasteiger partial charge in [0.05, 0.1) is 13.2 Å². The van der Waals surface area contributed by atoms with Crippen LogP contribution in [-0.2, 0) is 9.59 Å². The van der Waals surface area contributed by atoms with Crippen LogP contribution in [0.1, 0.15) is 38.5 Å². The van der Waals surface area contributed by atoms with E-state index in [9.17, 15) is 9.59 Å². The van der Waals surface area contributed by atoms with Gasteiger partial charge in [-0.15, -0.1) is 0 Å². The van der Waals surface area contributed by atoms with Gasteiger partial charge in [-0.25, -0.2) is 0 Å². The van der Waals surface area contributed by atoms with Crippen molar-refractivity contribution in [2.45, 2.75) is 38.5 Å². The van der Waals surface area contributed by atoms with Crippen LogP contribution in [0.3, 0.4) is 0 Å². The van der Waals surface area contributed by atoms with Gasteiger partial charge in [-0.3, -0.25) is 9.59 Å². The smallest absolute Gasteiger partial charge is 0.222 e. The molecular formula is C26H34N2O4. The number of amides is 2. The molecule has 0 N–H and O–H groups in total. The summed E-state index contributed by atoms with van der Waals surface area (Å²) in [5, 5.41) is 0. The summed E-state index contributed by atoms with van der Waals surface area (Å²) in [6, 6.07) is 19.5. The largest absolute Gasteiger partial charge is 0.494 e. The maximum Gasteiger partial charge on any atom is 0.222 e. The molecule has 172 valence electrons. The van der Waals surface area contributed by atoms with Gasteiger partial charge in [0.2, 0.25) is 11.8 Å². The SMILES string of the molecule is O=C(CCCCOc1ccccc1)N1CCN(C(=O)CCCCOc2ccccc2)CC1. The standard InChI is InChI=1S/C26H34N2O4/c29-25(15-7-9-21-31-23-11-3-1-4-12-23)27-17-19-28(20-18-27)26(30)16-8-10-22-32-24-13-5-2-6-14-24/h1-6,11-14H,7-10,15-22H2. The van der Waals surface area contributed by atoms with Crippen LogP contribution < -0.4 is 9.47 Å². The van der Waals surface area contributed by atoms with E-state index in [1.165, 1.54) is 0 Å². The second-order valence-corrected chi connectivity index (χ2v) is 8.00. The molecule has 2 aromatic rings. The number of nitrogens with zero attached hydrogens (tertiary/aromatic N) is 2. The van der Waals surface area contributed by atoms with Crippen molar-refractivity contribution in [2.24, 2.45) is 0 Å². The molecule has 0 aromatic heterocycles. The Labute approximate surface area is 191 Å². The Balaban J connectivity index is 1.21. The molecule has 6 nitrogen and oxygen atoms in total. The number of carbonyl (C=O) groups excluding carboxylic acids is 2. The van der Waals surface area contributed by atoms with Crippen LogP contribution in [0.15, 0.2) is 60.7 Å². The maximum absolute atomic E-state index is 12.4. The van der Waals surface area contributed by atoms with Gasteiger partial charge in [0.25, 0.3) is 0 Å². The summed E-state index contributed by atoms with van der Waals surface area (Å²) in [6.45, 7) is 3.75. The fraction of sp³-hybridized carbons (Fsp3) is 0.462. The lowest BCUT2D eigenvalue weighted by Gasteiger charge is -2.35. The van der Waals surface area contributed by atoms with E-state index in [0.29, 0.717) is 52.2 Å². The Morgan fingerprint density at radius 1 is 0.594 bits per heavy atom. The van der Waals surface area contributed by atoms with Crippen molar-refractivity contribution in [1.82, 2.24) is 9.80 Å². The molecule has 1 saturated heterocycles.